The molecule has 5 nitrogen and oxygen atoms in total. The van der Waals surface area contributed by atoms with E-state index in [1.54, 1.807) is 6.92 Å². The van der Waals surface area contributed by atoms with Gasteiger partial charge in [-0.1, -0.05) is 0 Å². The summed E-state index contributed by atoms with van der Waals surface area (Å²) in [6.07, 6.45) is -3.25. The third-order valence-corrected chi connectivity index (χ3v) is 2.29. The molecule has 0 saturated carbocycles. The van der Waals surface area contributed by atoms with Crippen LogP contribution in [0, 0.1) is 0 Å². The van der Waals surface area contributed by atoms with E-state index in [2.05, 4.69) is 14.7 Å². The number of aromatic nitrogens is 2. The maximum Gasteiger partial charge on any atom is 0.411 e. The molecule has 20 heavy (non-hydrogen) atoms. The van der Waals surface area contributed by atoms with Crippen LogP contribution in [-0.2, 0) is 22.0 Å². The molecule has 0 aliphatic rings. The first-order chi connectivity index (χ1) is 9.37. The summed E-state index contributed by atoms with van der Waals surface area (Å²) in [5.74, 6) is -0.716. The zero-order valence-corrected chi connectivity index (χ0v) is 11.3. The van der Waals surface area contributed by atoms with Crippen LogP contribution in [0.15, 0.2) is 6.20 Å². The fourth-order valence-electron chi connectivity index (χ4n) is 1.27. The molecule has 0 radical (unpaired) electrons. The van der Waals surface area contributed by atoms with E-state index in [1.165, 1.54) is 0 Å². The van der Waals surface area contributed by atoms with Crippen molar-refractivity contribution in [3.8, 4) is 0 Å². The summed E-state index contributed by atoms with van der Waals surface area (Å²) in [5, 5.41) is 0. The van der Waals surface area contributed by atoms with Gasteiger partial charge in [-0.05, 0) is 6.92 Å². The predicted octanol–water partition coefficient (Wildman–Crippen LogP) is 2.47. The zero-order chi connectivity index (χ0) is 15.2. The number of nitrogens with zero attached hydrogens (tertiary/aromatic N) is 2. The molecule has 0 atom stereocenters. The smallest absolute Gasteiger partial charge is 0.411 e. The van der Waals surface area contributed by atoms with Crippen molar-refractivity contribution in [1.82, 2.24) is 9.97 Å². The van der Waals surface area contributed by atoms with Gasteiger partial charge in [-0.25, -0.2) is 14.8 Å². The zero-order valence-electron chi connectivity index (χ0n) is 10.5. The van der Waals surface area contributed by atoms with Gasteiger partial charge in [0.15, 0.2) is 5.82 Å². The van der Waals surface area contributed by atoms with Gasteiger partial charge in [0.2, 0.25) is 0 Å². The normalized spacial score (nSPS) is 11.4. The van der Waals surface area contributed by atoms with Crippen molar-refractivity contribution in [2.45, 2.75) is 25.6 Å². The molecule has 0 aliphatic heterocycles. The summed E-state index contributed by atoms with van der Waals surface area (Å²) < 4.78 is 44.9. The van der Waals surface area contributed by atoms with Gasteiger partial charge in [-0.15, -0.1) is 11.6 Å². The van der Waals surface area contributed by atoms with Crippen molar-refractivity contribution < 1.29 is 27.4 Å². The number of ether oxygens (including phenoxy) is 2. The number of hydrogen-bond donors (Lipinski definition) is 0. The van der Waals surface area contributed by atoms with E-state index in [0.29, 0.717) is 0 Å². The van der Waals surface area contributed by atoms with E-state index in [1.807, 2.05) is 0 Å². The van der Waals surface area contributed by atoms with Crippen molar-refractivity contribution in [3.05, 3.63) is 23.3 Å². The van der Waals surface area contributed by atoms with Crippen LogP contribution >= 0.6 is 11.6 Å². The van der Waals surface area contributed by atoms with E-state index in [9.17, 15) is 18.0 Å². The van der Waals surface area contributed by atoms with Crippen molar-refractivity contribution in [1.29, 1.82) is 0 Å². The molecule has 1 rings (SSSR count). The Bertz CT molecular complexity index is 469. The first-order valence-corrected chi connectivity index (χ1v) is 6.13. The van der Waals surface area contributed by atoms with Gasteiger partial charge in [-0.3, -0.25) is 0 Å². The second-order valence-corrected chi connectivity index (χ2v) is 3.88. The molecule has 0 amide bonds. The average molecular weight is 313 g/mol. The van der Waals surface area contributed by atoms with Crippen LogP contribution in [0.25, 0.3) is 0 Å². The number of alkyl halides is 4. The molecule has 9 heteroatoms. The maximum absolute atomic E-state index is 11.9. The summed E-state index contributed by atoms with van der Waals surface area (Å²) in [6.45, 7) is -0.00578. The quantitative estimate of drug-likeness (QED) is 0.596. The summed E-state index contributed by atoms with van der Waals surface area (Å²) in [7, 11) is 0. The van der Waals surface area contributed by atoms with Gasteiger partial charge in [-0.2, -0.15) is 13.2 Å². The summed E-state index contributed by atoms with van der Waals surface area (Å²) >= 11 is 5.64. The van der Waals surface area contributed by atoms with Gasteiger partial charge in [0.25, 0.3) is 0 Å². The van der Waals surface area contributed by atoms with Crippen molar-refractivity contribution in [3.63, 3.8) is 0 Å². The lowest BCUT2D eigenvalue weighted by molar-refractivity contribution is -0.177. The number of rotatable bonds is 6. The van der Waals surface area contributed by atoms with E-state index >= 15 is 0 Å². The van der Waals surface area contributed by atoms with E-state index in [4.69, 9.17) is 16.3 Å². The number of halogens is 4. The van der Waals surface area contributed by atoms with Crippen LogP contribution in [0.4, 0.5) is 13.2 Å². The molecule has 0 aliphatic carbocycles. The molecule has 0 N–H and O–H groups in total. The highest BCUT2D eigenvalue weighted by Gasteiger charge is 2.27. The molecule has 0 spiro atoms. The Morgan fingerprint density at radius 1 is 1.45 bits per heavy atom. The monoisotopic (exact) mass is 312 g/mol. The standard InChI is InChI=1S/C11H12ClF3N2O3/c1-2-20-10(18)7-4-16-9(17-8(7)3-12)5-19-6-11(13,14)15/h4H,2-3,5-6H2,1H3. The van der Waals surface area contributed by atoms with Gasteiger partial charge in [0.1, 0.15) is 18.8 Å². The van der Waals surface area contributed by atoms with Gasteiger partial charge < -0.3 is 9.47 Å². The Balaban J connectivity index is 2.74. The van der Waals surface area contributed by atoms with Crippen LogP contribution in [0.3, 0.4) is 0 Å². The molecule has 0 fully saturated rings. The summed E-state index contributed by atoms with van der Waals surface area (Å²) in [5.41, 5.74) is 0.271. The SMILES string of the molecule is CCOC(=O)c1cnc(COCC(F)(F)F)nc1CCl. The Morgan fingerprint density at radius 3 is 2.70 bits per heavy atom. The molecule has 112 valence electrons. The molecule has 0 unspecified atom stereocenters. The Morgan fingerprint density at radius 2 is 2.15 bits per heavy atom. The van der Waals surface area contributed by atoms with Crippen molar-refractivity contribution >= 4 is 17.6 Å². The van der Waals surface area contributed by atoms with Crippen LogP contribution in [0.2, 0.25) is 0 Å². The topological polar surface area (TPSA) is 61.3 Å². The minimum Gasteiger partial charge on any atom is -0.462 e. The Kier molecular flexibility index (Phi) is 6.15. The summed E-state index contributed by atoms with van der Waals surface area (Å²) in [4.78, 5) is 19.2. The van der Waals surface area contributed by atoms with Gasteiger partial charge in [0, 0.05) is 6.20 Å². The largest absolute Gasteiger partial charge is 0.462 e. The van der Waals surface area contributed by atoms with Crippen LogP contribution in [0.5, 0.6) is 0 Å². The predicted molar refractivity (Wildman–Crippen MR) is 63.3 cm³/mol. The molecular weight excluding hydrogens is 301 g/mol. The lowest BCUT2D eigenvalue weighted by Crippen LogP contribution is -2.18. The van der Waals surface area contributed by atoms with E-state index < -0.39 is 25.4 Å². The molecular formula is C11H12ClF3N2O3. The first kappa shape index (κ1) is 16.6. The lowest BCUT2D eigenvalue weighted by atomic mass is 10.2. The molecule has 0 aromatic carbocycles. The second kappa shape index (κ2) is 7.39. The Labute approximate surface area is 118 Å². The van der Waals surface area contributed by atoms with Gasteiger partial charge >= 0.3 is 12.1 Å². The third-order valence-electron chi connectivity index (χ3n) is 2.04. The fourth-order valence-corrected chi connectivity index (χ4v) is 1.47. The minimum atomic E-state index is -4.42. The maximum atomic E-state index is 11.9. The van der Waals surface area contributed by atoms with E-state index in [0.717, 1.165) is 6.20 Å². The second-order valence-electron chi connectivity index (χ2n) is 3.61. The van der Waals surface area contributed by atoms with Crippen LogP contribution < -0.4 is 0 Å². The highest BCUT2D eigenvalue weighted by molar-refractivity contribution is 6.17. The summed E-state index contributed by atoms with van der Waals surface area (Å²) in [6, 6.07) is 0. The number of esters is 1. The number of carbonyl (C=O) groups is 1. The highest BCUT2D eigenvalue weighted by Crippen LogP contribution is 2.16. The average Bonchev–Trinajstić information content (AvgIpc) is 2.37. The molecule has 1 aromatic rings. The molecule has 1 heterocycles. The van der Waals surface area contributed by atoms with Gasteiger partial charge in [0.05, 0.1) is 18.2 Å². The molecule has 0 bridgehead atoms. The highest BCUT2D eigenvalue weighted by atomic mass is 35.5. The fraction of sp³-hybridized carbons (Fsp3) is 0.545. The molecule has 1 aromatic heterocycles. The van der Waals surface area contributed by atoms with E-state index in [-0.39, 0.29) is 29.6 Å². The number of carbonyl (C=O) groups excluding carboxylic acids is 1. The third kappa shape index (κ3) is 5.30. The van der Waals surface area contributed by atoms with Crippen molar-refractivity contribution in [2.24, 2.45) is 0 Å². The van der Waals surface area contributed by atoms with Crippen LogP contribution in [0.1, 0.15) is 28.8 Å². The Hall–Kier alpha value is -1.41. The first-order valence-electron chi connectivity index (χ1n) is 5.59. The van der Waals surface area contributed by atoms with Crippen molar-refractivity contribution in [2.75, 3.05) is 13.2 Å². The van der Waals surface area contributed by atoms with Crippen LogP contribution in [-0.4, -0.2) is 35.3 Å². The minimum absolute atomic E-state index is 0.0120. The number of hydrogen-bond acceptors (Lipinski definition) is 5. The lowest BCUT2D eigenvalue weighted by Gasteiger charge is -2.09. The molecule has 0 saturated heterocycles.